The summed E-state index contributed by atoms with van der Waals surface area (Å²) >= 11 is 0. The Morgan fingerprint density at radius 2 is 1.31 bits per heavy atom. The summed E-state index contributed by atoms with van der Waals surface area (Å²) in [6.45, 7) is 0. The van der Waals surface area contributed by atoms with Gasteiger partial charge in [0.25, 0.3) is 0 Å². The lowest BCUT2D eigenvalue weighted by Gasteiger charge is -2.39. The van der Waals surface area contributed by atoms with Gasteiger partial charge >= 0.3 is 0 Å². The van der Waals surface area contributed by atoms with Crippen LogP contribution in [0.1, 0.15) is 19.3 Å². The summed E-state index contributed by atoms with van der Waals surface area (Å²) in [5.41, 5.74) is 0. The maximum Gasteiger partial charge on any atom is 0.0578 e. The highest BCUT2D eigenvalue weighted by Gasteiger charge is 2.52. The van der Waals surface area contributed by atoms with Crippen LogP contribution in [0.15, 0.2) is 12.2 Å². The highest BCUT2D eigenvalue weighted by molar-refractivity contribution is 5.17. The van der Waals surface area contributed by atoms with Gasteiger partial charge in [-0.25, -0.2) is 0 Å². The van der Waals surface area contributed by atoms with Gasteiger partial charge < -0.3 is 10.2 Å². The monoisotopic (exact) mass is 180 g/mol. The van der Waals surface area contributed by atoms with Crippen LogP contribution in [0.5, 0.6) is 0 Å². The van der Waals surface area contributed by atoms with Crippen molar-refractivity contribution < 1.29 is 10.2 Å². The molecule has 2 N–H and O–H groups in total. The summed E-state index contributed by atoms with van der Waals surface area (Å²) in [7, 11) is 0. The van der Waals surface area contributed by atoms with Crippen molar-refractivity contribution in [1.29, 1.82) is 0 Å². The van der Waals surface area contributed by atoms with Crippen LogP contribution < -0.4 is 0 Å². The van der Waals surface area contributed by atoms with Gasteiger partial charge in [-0.3, -0.25) is 0 Å². The predicted molar refractivity (Wildman–Crippen MR) is 49.0 cm³/mol. The van der Waals surface area contributed by atoms with E-state index in [9.17, 15) is 10.2 Å². The van der Waals surface area contributed by atoms with E-state index in [-0.39, 0.29) is 12.2 Å². The summed E-state index contributed by atoms with van der Waals surface area (Å²) < 4.78 is 0. The summed E-state index contributed by atoms with van der Waals surface area (Å²) in [5, 5.41) is 19.7. The maximum absolute atomic E-state index is 9.87. The van der Waals surface area contributed by atoms with Crippen molar-refractivity contribution in [3.8, 4) is 0 Å². The van der Waals surface area contributed by atoms with Gasteiger partial charge in [0.1, 0.15) is 0 Å². The Morgan fingerprint density at radius 3 is 1.77 bits per heavy atom. The topological polar surface area (TPSA) is 40.5 Å². The minimum atomic E-state index is -0.159. The molecule has 0 amide bonds. The fourth-order valence-electron chi connectivity index (χ4n) is 3.71. The van der Waals surface area contributed by atoms with Crippen molar-refractivity contribution in [2.24, 2.45) is 23.7 Å². The molecule has 0 aromatic heterocycles. The molecule has 0 saturated heterocycles. The second kappa shape index (κ2) is 2.58. The lowest BCUT2D eigenvalue weighted by Crippen LogP contribution is -2.42. The van der Waals surface area contributed by atoms with Crippen molar-refractivity contribution in [2.45, 2.75) is 31.5 Å². The third-order valence-corrected chi connectivity index (χ3v) is 4.23. The summed E-state index contributed by atoms with van der Waals surface area (Å²) in [6, 6.07) is 0. The molecule has 2 fully saturated rings. The largest absolute Gasteiger partial charge is 0.393 e. The van der Waals surface area contributed by atoms with Crippen LogP contribution in [-0.4, -0.2) is 22.4 Å². The first-order chi connectivity index (χ1) is 6.27. The van der Waals surface area contributed by atoms with E-state index in [0.29, 0.717) is 23.7 Å². The quantitative estimate of drug-likeness (QED) is 0.545. The third kappa shape index (κ3) is 0.960. The molecule has 2 bridgehead atoms. The minimum Gasteiger partial charge on any atom is -0.393 e. The Hall–Kier alpha value is -0.340. The first-order valence-electron chi connectivity index (χ1n) is 5.32. The first-order valence-corrected chi connectivity index (χ1v) is 5.32. The number of rotatable bonds is 0. The molecular weight excluding hydrogens is 164 g/mol. The van der Waals surface area contributed by atoms with Gasteiger partial charge in [-0.15, -0.1) is 0 Å². The SMILES string of the molecule is O[C@@H]1CC[C@H](O)[C@H]2[C@@H]1[C@H]1C=C[C@@H]2C1. The Bertz CT molecular complexity index is 224. The van der Waals surface area contributed by atoms with Crippen LogP contribution in [0.4, 0.5) is 0 Å². The zero-order valence-corrected chi connectivity index (χ0v) is 7.63. The van der Waals surface area contributed by atoms with Crippen LogP contribution in [0.2, 0.25) is 0 Å². The molecule has 0 aromatic rings. The normalized spacial score (nSPS) is 58.3. The van der Waals surface area contributed by atoms with Crippen LogP contribution in [0, 0.1) is 23.7 Å². The Balaban J connectivity index is 1.94. The average molecular weight is 180 g/mol. The van der Waals surface area contributed by atoms with Crippen molar-refractivity contribution in [3.63, 3.8) is 0 Å². The average Bonchev–Trinajstić information content (AvgIpc) is 2.70. The van der Waals surface area contributed by atoms with Crippen molar-refractivity contribution >= 4 is 0 Å². The zero-order valence-electron chi connectivity index (χ0n) is 7.63. The molecule has 2 heteroatoms. The van der Waals surface area contributed by atoms with Crippen molar-refractivity contribution in [2.75, 3.05) is 0 Å². The Labute approximate surface area is 78.3 Å². The van der Waals surface area contributed by atoms with E-state index < -0.39 is 0 Å². The van der Waals surface area contributed by atoms with Gasteiger partial charge in [-0.05, 0) is 42.9 Å². The molecule has 0 aromatic carbocycles. The van der Waals surface area contributed by atoms with Crippen LogP contribution in [-0.2, 0) is 0 Å². The number of aliphatic hydroxyl groups is 2. The van der Waals surface area contributed by atoms with Gasteiger partial charge in [0.15, 0.2) is 0 Å². The van der Waals surface area contributed by atoms with Gasteiger partial charge in [0.2, 0.25) is 0 Å². The minimum absolute atomic E-state index is 0.159. The second-order valence-electron chi connectivity index (χ2n) is 4.82. The number of allylic oxidation sites excluding steroid dienone is 2. The molecule has 6 atom stereocenters. The Morgan fingerprint density at radius 1 is 0.846 bits per heavy atom. The van der Waals surface area contributed by atoms with E-state index in [1.165, 1.54) is 6.42 Å². The molecule has 3 aliphatic carbocycles. The van der Waals surface area contributed by atoms with E-state index in [0.717, 1.165) is 12.8 Å². The van der Waals surface area contributed by atoms with Gasteiger partial charge in [-0.1, -0.05) is 12.2 Å². The van der Waals surface area contributed by atoms with E-state index in [4.69, 9.17) is 0 Å². The lowest BCUT2D eigenvalue weighted by atomic mass is 9.70. The Kier molecular flexibility index (Phi) is 1.59. The molecule has 72 valence electrons. The number of hydrogen-bond donors (Lipinski definition) is 2. The molecule has 0 spiro atoms. The molecule has 0 radical (unpaired) electrons. The fourth-order valence-corrected chi connectivity index (χ4v) is 3.71. The molecule has 13 heavy (non-hydrogen) atoms. The predicted octanol–water partition coefficient (Wildman–Crippen LogP) is 0.940. The number of fused-ring (bicyclic) bond motifs is 5. The van der Waals surface area contributed by atoms with Crippen LogP contribution in [0.25, 0.3) is 0 Å². The number of aliphatic hydroxyl groups excluding tert-OH is 2. The second-order valence-corrected chi connectivity index (χ2v) is 4.82. The summed E-state index contributed by atoms with van der Waals surface area (Å²) in [4.78, 5) is 0. The molecule has 3 aliphatic rings. The maximum atomic E-state index is 9.87. The molecular formula is C11H16O2. The standard InChI is InChI=1S/C11H16O2/c12-8-3-4-9(13)11-7-2-1-6(5-7)10(8)11/h1-2,6-13H,3-5H2/t6-,7+,8+,9-,10+,11-. The van der Waals surface area contributed by atoms with Gasteiger partial charge in [0.05, 0.1) is 12.2 Å². The van der Waals surface area contributed by atoms with Crippen molar-refractivity contribution in [3.05, 3.63) is 12.2 Å². The molecule has 3 rings (SSSR count). The van der Waals surface area contributed by atoms with Gasteiger partial charge in [0, 0.05) is 0 Å². The molecule has 0 aliphatic heterocycles. The third-order valence-electron chi connectivity index (χ3n) is 4.23. The summed E-state index contributed by atoms with van der Waals surface area (Å²) in [6.07, 6.45) is 6.92. The highest BCUT2D eigenvalue weighted by atomic mass is 16.3. The van der Waals surface area contributed by atoms with Crippen LogP contribution >= 0.6 is 0 Å². The smallest absolute Gasteiger partial charge is 0.0578 e. The van der Waals surface area contributed by atoms with Crippen molar-refractivity contribution in [1.82, 2.24) is 0 Å². The lowest BCUT2D eigenvalue weighted by molar-refractivity contribution is -0.0473. The fraction of sp³-hybridized carbons (Fsp3) is 0.818. The first kappa shape index (κ1) is 8.01. The summed E-state index contributed by atoms with van der Waals surface area (Å²) in [5.74, 6) is 1.83. The number of hydrogen-bond acceptors (Lipinski definition) is 2. The zero-order chi connectivity index (χ0) is 9.00. The molecule has 2 saturated carbocycles. The molecule has 2 nitrogen and oxygen atoms in total. The molecule has 0 heterocycles. The molecule has 0 unspecified atom stereocenters. The van der Waals surface area contributed by atoms with E-state index in [1.807, 2.05) is 0 Å². The highest BCUT2D eigenvalue weighted by Crippen LogP contribution is 2.53. The van der Waals surface area contributed by atoms with E-state index in [1.54, 1.807) is 0 Å². The van der Waals surface area contributed by atoms with Gasteiger partial charge in [-0.2, -0.15) is 0 Å². The van der Waals surface area contributed by atoms with E-state index >= 15 is 0 Å². The van der Waals surface area contributed by atoms with Crippen LogP contribution in [0.3, 0.4) is 0 Å². The van der Waals surface area contributed by atoms with E-state index in [2.05, 4.69) is 12.2 Å².